The molecule has 0 aromatic carbocycles. The van der Waals surface area contributed by atoms with Crippen molar-refractivity contribution in [1.82, 2.24) is 9.97 Å². The maximum atomic E-state index is 10.5. The molecule has 1 heterocycles. The fourth-order valence-corrected chi connectivity index (χ4v) is 0.401. The molecule has 1 N–H and O–H groups in total. The van der Waals surface area contributed by atoms with E-state index in [0.717, 1.165) is 6.20 Å². The van der Waals surface area contributed by atoms with Crippen LogP contribution in [0.2, 0.25) is 0 Å². The van der Waals surface area contributed by atoms with Gasteiger partial charge in [-0.25, -0.2) is 4.98 Å². The molecule has 5 nitrogen and oxygen atoms in total. The first-order valence-corrected chi connectivity index (χ1v) is 2.20. The predicted octanol–water partition coefficient (Wildman–Crippen LogP) is 0.168. The highest BCUT2D eigenvalue weighted by Crippen LogP contribution is 1.95. The predicted molar refractivity (Wildman–Crippen MR) is 30.3 cm³/mol. The molecule has 0 aliphatic rings. The Kier molecular flexibility index (Phi) is 1.35. The number of rotatable bonds is 1. The van der Waals surface area contributed by atoms with E-state index in [1.807, 2.05) is 0 Å². The van der Waals surface area contributed by atoms with Crippen LogP contribution in [0, 0.1) is 4.91 Å². The lowest BCUT2D eigenvalue weighted by atomic mass is 10.6. The molecule has 1 aromatic rings. The summed E-state index contributed by atoms with van der Waals surface area (Å²) in [6, 6.07) is 0. The monoisotopic (exact) mass is 125 g/mol. The summed E-state index contributed by atoms with van der Waals surface area (Å²) in [7, 11) is 0. The molecule has 1 aromatic heterocycles. The molecule has 0 saturated carbocycles. The number of nitroso groups, excluding NO2 is 1. The van der Waals surface area contributed by atoms with Crippen molar-refractivity contribution >= 4 is 5.69 Å². The Labute approximate surface area is 49.7 Å². The zero-order chi connectivity index (χ0) is 6.69. The molecule has 0 aliphatic heterocycles. The van der Waals surface area contributed by atoms with E-state index < -0.39 is 5.56 Å². The minimum atomic E-state index is -0.514. The summed E-state index contributed by atoms with van der Waals surface area (Å²) < 4.78 is 0. The molecular weight excluding hydrogens is 122 g/mol. The molecule has 0 aliphatic carbocycles. The summed E-state index contributed by atoms with van der Waals surface area (Å²) in [6.45, 7) is 0. The Morgan fingerprint density at radius 2 is 2.44 bits per heavy atom. The molecule has 0 unspecified atom stereocenters. The second kappa shape index (κ2) is 2.17. The van der Waals surface area contributed by atoms with Crippen LogP contribution in [0.3, 0.4) is 0 Å². The normalized spacial score (nSPS) is 8.89. The molecule has 9 heavy (non-hydrogen) atoms. The number of nitrogens with one attached hydrogen (secondary N) is 1. The third-order valence-electron chi connectivity index (χ3n) is 0.798. The standard InChI is InChI=1S/C4H3N3O2/c8-4-3(7-9)1-5-2-6-4/h1-2H,(H,5,6,8). The second-order valence-electron chi connectivity index (χ2n) is 1.36. The van der Waals surface area contributed by atoms with Gasteiger partial charge in [-0.05, 0) is 5.18 Å². The van der Waals surface area contributed by atoms with Gasteiger partial charge in [-0.15, -0.1) is 4.91 Å². The van der Waals surface area contributed by atoms with Crippen molar-refractivity contribution in [1.29, 1.82) is 0 Å². The zero-order valence-electron chi connectivity index (χ0n) is 4.37. The SMILES string of the molecule is O=Nc1cnc[nH]c1=O. The number of hydrogen-bond acceptors (Lipinski definition) is 4. The first-order chi connectivity index (χ1) is 4.34. The van der Waals surface area contributed by atoms with Crippen LogP contribution in [0.4, 0.5) is 5.69 Å². The molecule has 0 bridgehead atoms. The van der Waals surface area contributed by atoms with E-state index >= 15 is 0 Å². The van der Waals surface area contributed by atoms with Gasteiger partial charge in [0.2, 0.25) is 0 Å². The van der Waals surface area contributed by atoms with Crippen molar-refractivity contribution in [3.63, 3.8) is 0 Å². The number of aromatic nitrogens is 2. The van der Waals surface area contributed by atoms with Crippen LogP contribution in [0.25, 0.3) is 0 Å². The fourth-order valence-electron chi connectivity index (χ4n) is 0.401. The Morgan fingerprint density at radius 1 is 1.67 bits per heavy atom. The third-order valence-corrected chi connectivity index (χ3v) is 0.798. The number of hydrogen-bond donors (Lipinski definition) is 1. The van der Waals surface area contributed by atoms with Crippen molar-refractivity contribution in [3.8, 4) is 0 Å². The Morgan fingerprint density at radius 3 is 2.89 bits per heavy atom. The van der Waals surface area contributed by atoms with Gasteiger partial charge < -0.3 is 4.98 Å². The lowest BCUT2D eigenvalue weighted by Crippen LogP contribution is -2.03. The molecule has 0 atom stereocenters. The molecule has 0 spiro atoms. The average Bonchev–Trinajstić information content (AvgIpc) is 1.89. The van der Waals surface area contributed by atoms with E-state index in [4.69, 9.17) is 0 Å². The van der Waals surface area contributed by atoms with Crippen LogP contribution < -0.4 is 5.56 Å². The van der Waals surface area contributed by atoms with Gasteiger partial charge in [-0.1, -0.05) is 0 Å². The van der Waals surface area contributed by atoms with Gasteiger partial charge in [0.25, 0.3) is 5.56 Å². The van der Waals surface area contributed by atoms with Crippen LogP contribution in [0.5, 0.6) is 0 Å². The van der Waals surface area contributed by atoms with Crippen molar-refractivity contribution in [3.05, 3.63) is 27.8 Å². The lowest BCUT2D eigenvalue weighted by molar-refractivity contribution is 1.11. The highest BCUT2D eigenvalue weighted by atomic mass is 16.3. The minimum absolute atomic E-state index is 0.197. The first-order valence-electron chi connectivity index (χ1n) is 2.20. The minimum Gasteiger partial charge on any atom is -0.311 e. The average molecular weight is 125 g/mol. The molecule has 46 valence electrons. The van der Waals surface area contributed by atoms with Crippen LogP contribution in [-0.2, 0) is 0 Å². The van der Waals surface area contributed by atoms with E-state index in [1.165, 1.54) is 6.33 Å². The fraction of sp³-hybridized carbons (Fsp3) is 0. The Hall–Kier alpha value is -1.52. The van der Waals surface area contributed by atoms with Crippen molar-refractivity contribution in [2.45, 2.75) is 0 Å². The van der Waals surface area contributed by atoms with Crippen LogP contribution in [0.15, 0.2) is 22.5 Å². The smallest absolute Gasteiger partial charge is 0.280 e. The van der Waals surface area contributed by atoms with Crippen LogP contribution in [0.1, 0.15) is 0 Å². The van der Waals surface area contributed by atoms with E-state index in [1.54, 1.807) is 0 Å². The van der Waals surface area contributed by atoms with Gasteiger partial charge >= 0.3 is 0 Å². The van der Waals surface area contributed by atoms with Gasteiger partial charge in [0.05, 0.1) is 12.5 Å². The summed E-state index contributed by atoms with van der Waals surface area (Å²) in [4.78, 5) is 25.8. The summed E-state index contributed by atoms with van der Waals surface area (Å²) in [5.41, 5.74) is -0.711. The summed E-state index contributed by atoms with van der Waals surface area (Å²) in [5, 5.41) is 2.41. The van der Waals surface area contributed by atoms with E-state index in [-0.39, 0.29) is 5.69 Å². The lowest BCUT2D eigenvalue weighted by Gasteiger charge is -1.81. The van der Waals surface area contributed by atoms with Gasteiger partial charge in [-0.2, -0.15) is 0 Å². The van der Waals surface area contributed by atoms with Crippen molar-refractivity contribution in [2.75, 3.05) is 0 Å². The maximum absolute atomic E-state index is 10.5. The van der Waals surface area contributed by atoms with E-state index in [0.29, 0.717) is 0 Å². The first kappa shape index (κ1) is 5.61. The van der Waals surface area contributed by atoms with Gasteiger partial charge in [0, 0.05) is 0 Å². The van der Waals surface area contributed by atoms with Gasteiger partial charge in [0.15, 0.2) is 5.69 Å². The Bertz CT molecular complexity index is 267. The van der Waals surface area contributed by atoms with Crippen LogP contribution in [-0.4, -0.2) is 9.97 Å². The highest BCUT2D eigenvalue weighted by Gasteiger charge is 1.93. The summed E-state index contributed by atoms with van der Waals surface area (Å²) in [5.74, 6) is 0. The van der Waals surface area contributed by atoms with Crippen molar-refractivity contribution < 1.29 is 0 Å². The largest absolute Gasteiger partial charge is 0.311 e. The Balaban J connectivity index is 3.32. The van der Waals surface area contributed by atoms with E-state index in [9.17, 15) is 9.70 Å². The molecule has 0 amide bonds. The highest BCUT2D eigenvalue weighted by molar-refractivity contribution is 5.27. The topological polar surface area (TPSA) is 75.2 Å². The molecule has 0 fully saturated rings. The van der Waals surface area contributed by atoms with Gasteiger partial charge in [0.1, 0.15) is 0 Å². The van der Waals surface area contributed by atoms with Crippen molar-refractivity contribution in [2.24, 2.45) is 5.18 Å². The molecular formula is C4H3N3O2. The third kappa shape index (κ3) is 0.987. The van der Waals surface area contributed by atoms with Gasteiger partial charge in [-0.3, -0.25) is 4.79 Å². The molecule has 0 radical (unpaired) electrons. The zero-order valence-corrected chi connectivity index (χ0v) is 4.37. The number of aromatic amines is 1. The molecule has 5 heteroatoms. The molecule has 1 rings (SSSR count). The van der Waals surface area contributed by atoms with E-state index in [2.05, 4.69) is 15.1 Å². The number of H-pyrrole nitrogens is 1. The second-order valence-corrected chi connectivity index (χ2v) is 1.36. The molecule has 0 saturated heterocycles. The summed E-state index contributed by atoms with van der Waals surface area (Å²) >= 11 is 0. The maximum Gasteiger partial charge on any atom is 0.280 e. The quantitative estimate of drug-likeness (QED) is 0.543. The summed E-state index contributed by atoms with van der Waals surface area (Å²) in [6.07, 6.45) is 2.29. The van der Waals surface area contributed by atoms with Crippen LogP contribution >= 0.6 is 0 Å². The number of nitrogens with zero attached hydrogens (tertiary/aromatic N) is 2.